The smallest absolute Gasteiger partial charge is 0.330 e. The molecule has 114 valence electrons. The van der Waals surface area contributed by atoms with Gasteiger partial charge in [0.15, 0.2) is 0 Å². The Morgan fingerprint density at radius 1 is 1.67 bits per heavy atom. The largest absolute Gasteiger partial charge is 0.393 e. The SMILES string of the molecule is Cc1cn([C@@H]2C[C@H](O)[C@](CO)(CN=[N+]=[N-])O2)c(=O)[nH]c1=O. The van der Waals surface area contributed by atoms with Crippen LogP contribution in [0.2, 0.25) is 0 Å². The third-order valence-corrected chi connectivity index (χ3v) is 3.53. The van der Waals surface area contributed by atoms with E-state index in [-0.39, 0.29) is 13.0 Å². The van der Waals surface area contributed by atoms with Gasteiger partial charge in [-0.15, -0.1) is 0 Å². The summed E-state index contributed by atoms with van der Waals surface area (Å²) in [6.45, 7) is 0.689. The molecule has 0 unspecified atom stereocenters. The molecule has 0 amide bonds. The highest BCUT2D eigenvalue weighted by Crippen LogP contribution is 2.36. The molecule has 3 atom stereocenters. The second-order valence-electron chi connectivity index (χ2n) is 4.91. The predicted octanol–water partition coefficient (Wildman–Crippen LogP) is -0.834. The maximum atomic E-state index is 11.8. The van der Waals surface area contributed by atoms with E-state index in [4.69, 9.17) is 10.3 Å². The van der Waals surface area contributed by atoms with E-state index in [0.29, 0.717) is 5.56 Å². The first kappa shape index (κ1) is 15.3. The second kappa shape index (κ2) is 5.70. The van der Waals surface area contributed by atoms with Gasteiger partial charge >= 0.3 is 5.69 Å². The Hall–Kier alpha value is -2.13. The van der Waals surface area contributed by atoms with Crippen molar-refractivity contribution < 1.29 is 14.9 Å². The normalized spacial score (nSPS) is 28.3. The van der Waals surface area contributed by atoms with Crippen LogP contribution in [-0.4, -0.2) is 44.6 Å². The van der Waals surface area contributed by atoms with Crippen molar-refractivity contribution in [3.63, 3.8) is 0 Å². The fraction of sp³-hybridized carbons (Fsp3) is 0.636. The number of rotatable bonds is 4. The van der Waals surface area contributed by atoms with Crippen molar-refractivity contribution >= 4 is 0 Å². The quantitative estimate of drug-likeness (QED) is 0.376. The van der Waals surface area contributed by atoms with Gasteiger partial charge in [-0.3, -0.25) is 14.3 Å². The topological polar surface area (TPSA) is 153 Å². The van der Waals surface area contributed by atoms with Gasteiger partial charge < -0.3 is 14.9 Å². The van der Waals surface area contributed by atoms with Crippen LogP contribution in [0.1, 0.15) is 18.2 Å². The van der Waals surface area contributed by atoms with Crippen molar-refractivity contribution in [3.05, 3.63) is 43.0 Å². The summed E-state index contributed by atoms with van der Waals surface area (Å²) in [5, 5.41) is 22.8. The minimum absolute atomic E-state index is 0.0207. The highest BCUT2D eigenvalue weighted by atomic mass is 16.6. The third kappa shape index (κ3) is 2.69. The molecule has 1 aliphatic heterocycles. The predicted molar refractivity (Wildman–Crippen MR) is 70.6 cm³/mol. The lowest BCUT2D eigenvalue weighted by molar-refractivity contribution is -0.122. The Bertz CT molecular complexity index is 691. The summed E-state index contributed by atoms with van der Waals surface area (Å²) in [5.41, 5.74) is 6.03. The molecule has 1 fully saturated rings. The highest BCUT2D eigenvalue weighted by Gasteiger charge is 2.48. The molecule has 0 saturated carbocycles. The van der Waals surface area contributed by atoms with Gasteiger partial charge in [0, 0.05) is 23.1 Å². The van der Waals surface area contributed by atoms with Crippen molar-refractivity contribution in [2.75, 3.05) is 13.2 Å². The minimum Gasteiger partial charge on any atom is -0.393 e. The summed E-state index contributed by atoms with van der Waals surface area (Å²) < 4.78 is 6.68. The van der Waals surface area contributed by atoms with E-state index in [1.54, 1.807) is 0 Å². The van der Waals surface area contributed by atoms with Gasteiger partial charge in [0.2, 0.25) is 0 Å². The number of H-pyrrole nitrogens is 1. The molecule has 0 radical (unpaired) electrons. The summed E-state index contributed by atoms with van der Waals surface area (Å²) in [4.78, 5) is 27.8. The maximum absolute atomic E-state index is 11.8. The molecule has 0 spiro atoms. The molecule has 0 aliphatic carbocycles. The lowest BCUT2D eigenvalue weighted by Crippen LogP contribution is -2.46. The van der Waals surface area contributed by atoms with Crippen LogP contribution < -0.4 is 11.2 Å². The van der Waals surface area contributed by atoms with Gasteiger partial charge in [0.05, 0.1) is 19.3 Å². The Kier molecular flexibility index (Phi) is 4.14. The fourth-order valence-corrected chi connectivity index (χ4v) is 2.26. The van der Waals surface area contributed by atoms with Crippen LogP contribution in [0.3, 0.4) is 0 Å². The van der Waals surface area contributed by atoms with Crippen LogP contribution in [-0.2, 0) is 4.74 Å². The molecule has 0 aromatic carbocycles. The molecule has 2 rings (SSSR count). The van der Waals surface area contributed by atoms with Crippen LogP contribution in [0.5, 0.6) is 0 Å². The van der Waals surface area contributed by atoms with Gasteiger partial charge in [-0.05, 0) is 12.5 Å². The zero-order chi connectivity index (χ0) is 15.6. The lowest BCUT2D eigenvalue weighted by Gasteiger charge is -2.28. The number of azide groups is 1. The van der Waals surface area contributed by atoms with Crippen LogP contribution in [0, 0.1) is 6.92 Å². The average molecular weight is 297 g/mol. The lowest BCUT2D eigenvalue weighted by atomic mass is 9.98. The molecule has 1 aliphatic rings. The highest BCUT2D eigenvalue weighted by molar-refractivity contribution is 5.04. The number of aliphatic hydroxyl groups is 2. The Labute approximate surface area is 118 Å². The summed E-state index contributed by atoms with van der Waals surface area (Å²) >= 11 is 0. The Morgan fingerprint density at radius 2 is 2.38 bits per heavy atom. The van der Waals surface area contributed by atoms with Gasteiger partial charge in [0.1, 0.15) is 11.8 Å². The number of aromatic amines is 1. The van der Waals surface area contributed by atoms with E-state index < -0.39 is 35.8 Å². The molecule has 10 nitrogen and oxygen atoms in total. The number of aliphatic hydroxyl groups excluding tert-OH is 2. The van der Waals surface area contributed by atoms with Gasteiger partial charge in [0.25, 0.3) is 5.56 Å². The van der Waals surface area contributed by atoms with Crippen molar-refractivity contribution in [1.29, 1.82) is 0 Å². The fourth-order valence-electron chi connectivity index (χ4n) is 2.26. The number of aryl methyl sites for hydroxylation is 1. The standard InChI is InChI=1S/C11H15N5O5/c1-6-3-16(10(20)14-9(6)19)8-2-7(18)11(5-17,21-8)4-13-15-12/h3,7-8,17-18H,2,4-5H2,1H3,(H,14,19,20)/t7-,8-,11+/m0/s1. The number of hydrogen-bond acceptors (Lipinski definition) is 6. The van der Waals surface area contributed by atoms with Crippen LogP contribution >= 0.6 is 0 Å². The first-order valence-electron chi connectivity index (χ1n) is 6.23. The molecule has 2 heterocycles. The summed E-state index contributed by atoms with van der Waals surface area (Å²) in [6, 6.07) is 0. The van der Waals surface area contributed by atoms with Gasteiger partial charge in [-0.2, -0.15) is 0 Å². The summed E-state index contributed by atoms with van der Waals surface area (Å²) in [7, 11) is 0. The van der Waals surface area contributed by atoms with E-state index in [2.05, 4.69) is 15.0 Å². The van der Waals surface area contributed by atoms with Crippen molar-refractivity contribution in [2.24, 2.45) is 5.11 Å². The number of nitrogens with zero attached hydrogens (tertiary/aromatic N) is 4. The molecule has 3 N–H and O–H groups in total. The Balaban J connectivity index is 2.36. The zero-order valence-electron chi connectivity index (χ0n) is 11.3. The van der Waals surface area contributed by atoms with Crippen LogP contribution in [0.4, 0.5) is 0 Å². The molecule has 1 saturated heterocycles. The van der Waals surface area contributed by atoms with Gasteiger partial charge in [-0.1, -0.05) is 5.11 Å². The molecule has 1 aromatic heterocycles. The summed E-state index contributed by atoms with van der Waals surface area (Å²) in [5.74, 6) is 0. The summed E-state index contributed by atoms with van der Waals surface area (Å²) in [6.07, 6.45) is -0.645. The van der Waals surface area contributed by atoms with Crippen LogP contribution in [0.15, 0.2) is 20.9 Å². The number of ether oxygens (including phenoxy) is 1. The van der Waals surface area contributed by atoms with E-state index in [1.165, 1.54) is 13.1 Å². The molecule has 0 bridgehead atoms. The minimum atomic E-state index is -1.46. The second-order valence-corrected chi connectivity index (χ2v) is 4.91. The molecule has 1 aromatic rings. The van der Waals surface area contributed by atoms with Crippen LogP contribution in [0.25, 0.3) is 10.4 Å². The van der Waals surface area contributed by atoms with Gasteiger partial charge in [-0.25, -0.2) is 4.79 Å². The molecule has 21 heavy (non-hydrogen) atoms. The van der Waals surface area contributed by atoms with Crippen molar-refractivity contribution in [3.8, 4) is 0 Å². The molecule has 10 heteroatoms. The van der Waals surface area contributed by atoms with E-state index in [0.717, 1.165) is 4.57 Å². The number of aromatic nitrogens is 2. The van der Waals surface area contributed by atoms with E-state index >= 15 is 0 Å². The maximum Gasteiger partial charge on any atom is 0.330 e. The number of nitrogens with one attached hydrogen (secondary N) is 1. The molecular weight excluding hydrogens is 282 g/mol. The molecular formula is C11H15N5O5. The van der Waals surface area contributed by atoms with E-state index in [1.807, 2.05) is 0 Å². The zero-order valence-corrected chi connectivity index (χ0v) is 11.3. The van der Waals surface area contributed by atoms with Crippen molar-refractivity contribution in [1.82, 2.24) is 9.55 Å². The first-order chi connectivity index (χ1) is 9.93. The Morgan fingerprint density at radius 3 is 3.00 bits per heavy atom. The van der Waals surface area contributed by atoms with E-state index in [9.17, 15) is 19.8 Å². The first-order valence-corrected chi connectivity index (χ1v) is 6.23. The third-order valence-electron chi connectivity index (χ3n) is 3.53. The monoisotopic (exact) mass is 297 g/mol. The number of hydrogen-bond donors (Lipinski definition) is 3. The van der Waals surface area contributed by atoms with Crippen molar-refractivity contribution in [2.45, 2.75) is 31.3 Å². The average Bonchev–Trinajstić information content (AvgIpc) is 2.78.